The number of methoxy groups -OCH3 is 1. The van der Waals surface area contributed by atoms with Gasteiger partial charge in [-0.1, -0.05) is 0 Å². The van der Waals surface area contributed by atoms with Crippen LogP contribution in [0, 0.1) is 12.3 Å². The number of thioether (sulfide) groups is 1. The Morgan fingerprint density at radius 1 is 1.43 bits per heavy atom. The van der Waals surface area contributed by atoms with Crippen molar-refractivity contribution in [2.75, 3.05) is 18.6 Å². The smallest absolute Gasteiger partial charge is 0.306 e. The van der Waals surface area contributed by atoms with Gasteiger partial charge in [-0.05, 0) is 38.0 Å². The Balaban J connectivity index is 1.69. The number of carbonyl (C=O) groups is 1. The third kappa shape index (κ3) is 3.31. The maximum Gasteiger partial charge on any atom is 0.306 e. The first-order valence-electron chi connectivity index (χ1n) is 7.37. The lowest BCUT2D eigenvalue weighted by atomic mass is 10.1. The molecule has 0 spiro atoms. The Bertz CT molecular complexity index is 568. The van der Waals surface area contributed by atoms with Crippen molar-refractivity contribution < 1.29 is 9.53 Å². The average molecular weight is 307 g/mol. The average Bonchev–Trinajstić information content (AvgIpc) is 3.34. The molecule has 1 aromatic heterocycles. The number of nitrogens with two attached hydrogens (primary N) is 1. The van der Waals surface area contributed by atoms with Crippen LogP contribution in [0.15, 0.2) is 5.03 Å². The lowest BCUT2D eigenvalue weighted by Crippen LogP contribution is -2.13. The van der Waals surface area contributed by atoms with Gasteiger partial charge in [0.15, 0.2) is 0 Å². The molecule has 0 amide bonds. The quantitative estimate of drug-likeness (QED) is 0.494. The Morgan fingerprint density at radius 2 is 2.14 bits per heavy atom. The number of nitrogens with zero attached hydrogens (tertiary/aromatic N) is 2. The number of hydrogen-bond acceptors (Lipinski definition) is 6. The second-order valence-corrected chi connectivity index (χ2v) is 7.18. The summed E-state index contributed by atoms with van der Waals surface area (Å²) in [4.78, 5) is 20.6. The van der Waals surface area contributed by atoms with Crippen molar-refractivity contribution >= 4 is 23.5 Å². The molecule has 5 nitrogen and oxygen atoms in total. The number of aromatic nitrogens is 2. The molecule has 0 atom stereocenters. The molecule has 0 radical (unpaired) electrons. The van der Waals surface area contributed by atoms with Gasteiger partial charge in [0.25, 0.3) is 0 Å². The molecular formula is C15H21N3O2S. The molecule has 2 N–H and O–H groups in total. The molecule has 1 aromatic rings. The highest BCUT2D eigenvalue weighted by Gasteiger charge is 2.44. The van der Waals surface area contributed by atoms with Gasteiger partial charge in [-0.2, -0.15) is 0 Å². The van der Waals surface area contributed by atoms with Crippen LogP contribution in [0.2, 0.25) is 0 Å². The van der Waals surface area contributed by atoms with Crippen LogP contribution in [0.3, 0.4) is 0 Å². The van der Waals surface area contributed by atoms with Crippen LogP contribution in [0.5, 0.6) is 0 Å². The molecule has 6 heteroatoms. The minimum atomic E-state index is -0.120. The summed E-state index contributed by atoms with van der Waals surface area (Å²) in [5, 5.41) is 0.973. The molecule has 1 heterocycles. The van der Waals surface area contributed by atoms with Crippen molar-refractivity contribution in [1.29, 1.82) is 0 Å². The molecule has 0 saturated heterocycles. The number of rotatable bonds is 6. The van der Waals surface area contributed by atoms with E-state index >= 15 is 0 Å². The van der Waals surface area contributed by atoms with Gasteiger partial charge in [0.1, 0.15) is 16.7 Å². The Hall–Kier alpha value is -1.30. The molecule has 0 unspecified atom stereocenters. The van der Waals surface area contributed by atoms with Crippen LogP contribution in [-0.2, 0) is 9.53 Å². The van der Waals surface area contributed by atoms with Gasteiger partial charge in [-0.25, -0.2) is 9.97 Å². The highest BCUT2D eigenvalue weighted by Crippen LogP contribution is 2.52. The van der Waals surface area contributed by atoms with Crippen molar-refractivity contribution in [3.8, 4) is 0 Å². The van der Waals surface area contributed by atoms with E-state index < -0.39 is 0 Å². The van der Waals surface area contributed by atoms with E-state index in [-0.39, 0.29) is 11.4 Å². The van der Waals surface area contributed by atoms with Crippen LogP contribution >= 0.6 is 11.8 Å². The maximum absolute atomic E-state index is 11.5. The standard InChI is InChI=1S/C15H21N3O2S/c1-9-12(16)17-13(10-3-4-10)18-14(9)21-8-15(5-6-15)7-11(19)20-2/h10H,3-8H2,1-2H3,(H2,16,17,18). The number of nitrogen functional groups attached to an aromatic ring is 1. The maximum atomic E-state index is 11.5. The molecular weight excluding hydrogens is 286 g/mol. The molecule has 114 valence electrons. The molecule has 0 aliphatic heterocycles. The molecule has 2 aliphatic rings. The zero-order valence-corrected chi connectivity index (χ0v) is 13.3. The fourth-order valence-electron chi connectivity index (χ4n) is 2.34. The lowest BCUT2D eigenvalue weighted by molar-refractivity contribution is -0.141. The van der Waals surface area contributed by atoms with Crippen LogP contribution < -0.4 is 5.73 Å². The minimum Gasteiger partial charge on any atom is -0.469 e. The zero-order chi connectivity index (χ0) is 15.0. The van der Waals surface area contributed by atoms with E-state index in [0.717, 1.165) is 35.0 Å². The van der Waals surface area contributed by atoms with E-state index in [1.807, 2.05) is 6.92 Å². The summed E-state index contributed by atoms with van der Waals surface area (Å²) >= 11 is 1.70. The van der Waals surface area contributed by atoms with Crippen LogP contribution in [0.1, 0.15) is 49.4 Å². The van der Waals surface area contributed by atoms with E-state index in [9.17, 15) is 4.79 Å². The fourth-order valence-corrected chi connectivity index (χ4v) is 3.66. The van der Waals surface area contributed by atoms with E-state index in [0.29, 0.717) is 18.2 Å². The molecule has 2 aliphatic carbocycles. The monoisotopic (exact) mass is 307 g/mol. The highest BCUT2D eigenvalue weighted by molar-refractivity contribution is 7.99. The molecule has 3 rings (SSSR count). The minimum absolute atomic E-state index is 0.101. The van der Waals surface area contributed by atoms with Gasteiger partial charge in [-0.15, -0.1) is 11.8 Å². The third-order valence-electron chi connectivity index (χ3n) is 4.32. The number of esters is 1. The SMILES string of the molecule is COC(=O)CC1(CSc2nc(C3CC3)nc(N)c2C)CC1. The second kappa shape index (κ2) is 5.48. The summed E-state index contributed by atoms with van der Waals surface area (Å²) in [6.45, 7) is 1.97. The van der Waals surface area contributed by atoms with Crippen molar-refractivity contribution in [1.82, 2.24) is 9.97 Å². The zero-order valence-electron chi connectivity index (χ0n) is 12.5. The topological polar surface area (TPSA) is 78.1 Å². The predicted octanol–water partition coefficient (Wildman–Crippen LogP) is 2.68. The van der Waals surface area contributed by atoms with Crippen LogP contribution in [0.4, 0.5) is 5.82 Å². The van der Waals surface area contributed by atoms with Crippen molar-refractivity contribution in [2.24, 2.45) is 5.41 Å². The van der Waals surface area contributed by atoms with Gasteiger partial charge >= 0.3 is 5.97 Å². The number of carbonyl (C=O) groups excluding carboxylic acids is 1. The number of hydrogen-bond donors (Lipinski definition) is 1. The first-order chi connectivity index (χ1) is 10.0. The summed E-state index contributed by atoms with van der Waals surface area (Å²) in [5.74, 6) is 2.75. The van der Waals surface area contributed by atoms with E-state index in [1.54, 1.807) is 11.8 Å². The Labute approximate surface area is 129 Å². The van der Waals surface area contributed by atoms with Crippen LogP contribution in [-0.4, -0.2) is 28.8 Å². The molecule has 2 saturated carbocycles. The molecule has 2 fully saturated rings. The van der Waals surface area contributed by atoms with Gasteiger partial charge in [-0.3, -0.25) is 4.79 Å². The lowest BCUT2D eigenvalue weighted by Gasteiger charge is -2.14. The Morgan fingerprint density at radius 3 is 2.71 bits per heavy atom. The number of anilines is 1. The van der Waals surface area contributed by atoms with Crippen molar-refractivity contribution in [3.63, 3.8) is 0 Å². The summed E-state index contributed by atoms with van der Waals surface area (Å²) < 4.78 is 4.79. The van der Waals surface area contributed by atoms with Gasteiger partial charge < -0.3 is 10.5 Å². The molecule has 0 aromatic carbocycles. The van der Waals surface area contributed by atoms with E-state index in [2.05, 4.69) is 9.97 Å². The highest BCUT2D eigenvalue weighted by atomic mass is 32.2. The molecule has 21 heavy (non-hydrogen) atoms. The molecule has 0 bridgehead atoms. The summed E-state index contributed by atoms with van der Waals surface area (Å²) in [6, 6.07) is 0. The van der Waals surface area contributed by atoms with Crippen molar-refractivity contribution in [3.05, 3.63) is 11.4 Å². The summed E-state index contributed by atoms with van der Waals surface area (Å²) in [6.07, 6.45) is 5.01. The fraction of sp³-hybridized carbons (Fsp3) is 0.667. The van der Waals surface area contributed by atoms with E-state index in [4.69, 9.17) is 10.5 Å². The van der Waals surface area contributed by atoms with Gasteiger partial charge in [0, 0.05) is 17.2 Å². The largest absolute Gasteiger partial charge is 0.469 e. The normalized spacial score (nSPS) is 19.3. The van der Waals surface area contributed by atoms with Crippen molar-refractivity contribution in [2.45, 2.75) is 50.0 Å². The van der Waals surface area contributed by atoms with E-state index in [1.165, 1.54) is 20.0 Å². The number of ether oxygens (including phenoxy) is 1. The Kier molecular flexibility index (Phi) is 3.82. The van der Waals surface area contributed by atoms with Gasteiger partial charge in [0.05, 0.1) is 13.5 Å². The predicted molar refractivity (Wildman–Crippen MR) is 82.2 cm³/mol. The summed E-state index contributed by atoms with van der Waals surface area (Å²) in [5.41, 5.74) is 7.06. The third-order valence-corrected chi connectivity index (χ3v) is 5.75. The second-order valence-electron chi connectivity index (χ2n) is 6.21. The first kappa shape index (κ1) is 14.6. The first-order valence-corrected chi connectivity index (χ1v) is 8.35. The van der Waals surface area contributed by atoms with Crippen LogP contribution in [0.25, 0.3) is 0 Å². The summed E-state index contributed by atoms with van der Waals surface area (Å²) in [7, 11) is 1.45. The van der Waals surface area contributed by atoms with Gasteiger partial charge in [0.2, 0.25) is 0 Å².